The summed E-state index contributed by atoms with van der Waals surface area (Å²) >= 11 is 0. The van der Waals surface area contributed by atoms with Crippen LogP contribution in [0.3, 0.4) is 0 Å². The van der Waals surface area contributed by atoms with E-state index < -0.39 is 0 Å². The van der Waals surface area contributed by atoms with Gasteiger partial charge in [0.2, 0.25) is 0 Å². The molecule has 1 N–H and O–H groups in total. The molecule has 0 aliphatic carbocycles. The van der Waals surface area contributed by atoms with Crippen LogP contribution >= 0.6 is 0 Å². The molecule has 0 radical (unpaired) electrons. The van der Waals surface area contributed by atoms with E-state index in [4.69, 9.17) is 4.98 Å². The number of rotatable bonds is 5. The molecule has 108 valence electrons. The average molecular weight is 272 g/mol. The van der Waals surface area contributed by atoms with Crippen molar-refractivity contribution in [3.05, 3.63) is 41.6 Å². The highest BCUT2D eigenvalue weighted by Crippen LogP contribution is 2.18. The van der Waals surface area contributed by atoms with E-state index in [1.54, 1.807) is 0 Å². The Morgan fingerprint density at radius 3 is 2.50 bits per heavy atom. The molecule has 0 fully saturated rings. The van der Waals surface area contributed by atoms with Gasteiger partial charge < -0.3 is 5.32 Å². The Labute approximate surface area is 121 Å². The molecule has 0 spiro atoms. The minimum atomic E-state index is 0.413. The van der Waals surface area contributed by atoms with Gasteiger partial charge >= 0.3 is 0 Å². The van der Waals surface area contributed by atoms with Crippen LogP contribution in [0.4, 0.5) is 0 Å². The molecular formula is C16H24N4. The van der Waals surface area contributed by atoms with E-state index in [9.17, 15) is 0 Å². The Balaban J connectivity index is 2.38. The van der Waals surface area contributed by atoms with Crippen LogP contribution in [0.25, 0.3) is 5.82 Å². The molecule has 2 aromatic rings. The van der Waals surface area contributed by atoms with Gasteiger partial charge in [-0.3, -0.25) is 4.57 Å². The second-order valence-electron chi connectivity index (χ2n) is 5.79. The van der Waals surface area contributed by atoms with E-state index in [1.165, 1.54) is 5.56 Å². The highest BCUT2D eigenvalue weighted by Gasteiger charge is 2.09. The van der Waals surface area contributed by atoms with E-state index in [-0.39, 0.29) is 0 Å². The Morgan fingerprint density at radius 1 is 1.20 bits per heavy atom. The van der Waals surface area contributed by atoms with E-state index in [1.807, 2.05) is 23.9 Å². The van der Waals surface area contributed by atoms with Crippen LogP contribution in [0.5, 0.6) is 0 Å². The number of aryl methyl sites for hydroxylation is 1. The van der Waals surface area contributed by atoms with Crippen LogP contribution in [0.1, 0.15) is 50.7 Å². The van der Waals surface area contributed by atoms with Gasteiger partial charge in [-0.1, -0.05) is 27.7 Å². The molecule has 2 rings (SSSR count). The van der Waals surface area contributed by atoms with E-state index >= 15 is 0 Å². The maximum Gasteiger partial charge on any atom is 0.138 e. The first-order chi connectivity index (χ1) is 9.47. The first-order valence-electron chi connectivity index (χ1n) is 7.22. The summed E-state index contributed by atoms with van der Waals surface area (Å²) < 4.78 is 2.03. The summed E-state index contributed by atoms with van der Waals surface area (Å²) in [5, 5.41) is 3.46. The van der Waals surface area contributed by atoms with Gasteiger partial charge in [-0.15, -0.1) is 0 Å². The summed E-state index contributed by atoms with van der Waals surface area (Å²) in [6, 6.07) is 4.80. The smallest absolute Gasteiger partial charge is 0.138 e. The zero-order valence-corrected chi connectivity index (χ0v) is 13.0. The standard InChI is InChI=1S/C16H24N4/c1-11(2)15-8-14(10-18-12(3)4)9-16(19-15)20-7-6-17-13(20)5/h6-9,11-12,18H,10H2,1-5H3. The first kappa shape index (κ1) is 14.7. The molecule has 0 bridgehead atoms. The van der Waals surface area contributed by atoms with Gasteiger partial charge in [0.1, 0.15) is 11.6 Å². The van der Waals surface area contributed by atoms with Crippen molar-refractivity contribution in [1.29, 1.82) is 0 Å². The molecule has 20 heavy (non-hydrogen) atoms. The van der Waals surface area contributed by atoms with Gasteiger partial charge in [0.25, 0.3) is 0 Å². The number of aromatic nitrogens is 3. The number of nitrogens with one attached hydrogen (secondary N) is 1. The molecule has 2 aromatic heterocycles. The second-order valence-corrected chi connectivity index (χ2v) is 5.79. The lowest BCUT2D eigenvalue weighted by molar-refractivity contribution is 0.587. The normalized spacial score (nSPS) is 11.6. The zero-order valence-electron chi connectivity index (χ0n) is 13.0. The molecular weight excluding hydrogens is 248 g/mol. The number of hydrogen-bond donors (Lipinski definition) is 1. The van der Waals surface area contributed by atoms with Crippen LogP contribution in [0, 0.1) is 6.92 Å². The van der Waals surface area contributed by atoms with Gasteiger partial charge in [0.05, 0.1) is 0 Å². The lowest BCUT2D eigenvalue weighted by atomic mass is 10.1. The largest absolute Gasteiger partial charge is 0.310 e. The molecule has 2 heterocycles. The van der Waals surface area contributed by atoms with Crippen molar-refractivity contribution in [2.45, 2.75) is 53.1 Å². The summed E-state index contributed by atoms with van der Waals surface area (Å²) in [6.07, 6.45) is 3.77. The van der Waals surface area contributed by atoms with E-state index in [2.05, 4.69) is 50.1 Å². The van der Waals surface area contributed by atoms with E-state index in [0.717, 1.165) is 23.9 Å². The number of hydrogen-bond acceptors (Lipinski definition) is 3. The fourth-order valence-electron chi connectivity index (χ4n) is 2.06. The van der Waals surface area contributed by atoms with Crippen molar-refractivity contribution in [1.82, 2.24) is 19.9 Å². The average Bonchev–Trinajstić information content (AvgIpc) is 2.82. The molecule has 0 amide bonds. The number of imidazole rings is 1. The van der Waals surface area contributed by atoms with Crippen LogP contribution in [-0.2, 0) is 6.54 Å². The van der Waals surface area contributed by atoms with Gasteiger partial charge in [0, 0.05) is 30.7 Å². The molecule has 0 aliphatic heterocycles. The Kier molecular flexibility index (Phi) is 4.55. The summed E-state index contributed by atoms with van der Waals surface area (Å²) in [6.45, 7) is 11.5. The fourth-order valence-corrected chi connectivity index (χ4v) is 2.06. The highest BCUT2D eigenvalue weighted by molar-refractivity contribution is 5.33. The molecule has 0 aliphatic rings. The third kappa shape index (κ3) is 3.45. The van der Waals surface area contributed by atoms with Crippen LogP contribution in [-0.4, -0.2) is 20.6 Å². The summed E-state index contributed by atoms with van der Waals surface area (Å²) in [4.78, 5) is 9.04. The Bertz CT molecular complexity index is 570. The molecule has 0 saturated heterocycles. The third-order valence-corrected chi connectivity index (χ3v) is 3.27. The molecule has 4 heteroatoms. The Hall–Kier alpha value is -1.68. The topological polar surface area (TPSA) is 42.7 Å². The minimum absolute atomic E-state index is 0.413. The fraction of sp³-hybridized carbons (Fsp3) is 0.500. The van der Waals surface area contributed by atoms with Gasteiger partial charge in [-0.25, -0.2) is 9.97 Å². The van der Waals surface area contributed by atoms with Crippen LogP contribution < -0.4 is 5.32 Å². The first-order valence-corrected chi connectivity index (χ1v) is 7.22. The van der Waals surface area contributed by atoms with Crippen molar-refractivity contribution in [2.75, 3.05) is 0 Å². The third-order valence-electron chi connectivity index (χ3n) is 3.27. The minimum Gasteiger partial charge on any atom is -0.310 e. The summed E-state index contributed by atoms with van der Waals surface area (Å²) in [5.74, 6) is 2.32. The quantitative estimate of drug-likeness (QED) is 0.909. The van der Waals surface area contributed by atoms with Crippen molar-refractivity contribution < 1.29 is 0 Å². The lowest BCUT2D eigenvalue weighted by Crippen LogP contribution is -2.22. The SMILES string of the molecule is Cc1nccn1-c1cc(CNC(C)C)cc(C(C)C)n1. The van der Waals surface area contributed by atoms with Crippen molar-refractivity contribution in [3.8, 4) is 5.82 Å². The maximum absolute atomic E-state index is 4.76. The zero-order chi connectivity index (χ0) is 14.7. The van der Waals surface area contributed by atoms with Crippen molar-refractivity contribution >= 4 is 0 Å². The predicted octanol–water partition coefficient (Wildman–Crippen LogP) is 3.20. The molecule has 0 saturated carbocycles. The van der Waals surface area contributed by atoms with Gasteiger partial charge in [-0.05, 0) is 30.5 Å². The van der Waals surface area contributed by atoms with Crippen LogP contribution in [0.2, 0.25) is 0 Å². The summed E-state index contributed by atoms with van der Waals surface area (Å²) in [7, 11) is 0. The van der Waals surface area contributed by atoms with Crippen LogP contribution in [0.15, 0.2) is 24.5 Å². The molecule has 0 unspecified atom stereocenters. The maximum atomic E-state index is 4.76. The summed E-state index contributed by atoms with van der Waals surface area (Å²) in [5.41, 5.74) is 2.39. The lowest BCUT2D eigenvalue weighted by Gasteiger charge is -2.14. The van der Waals surface area contributed by atoms with Crippen molar-refractivity contribution in [3.63, 3.8) is 0 Å². The van der Waals surface area contributed by atoms with Crippen molar-refractivity contribution in [2.24, 2.45) is 0 Å². The monoisotopic (exact) mass is 272 g/mol. The highest BCUT2D eigenvalue weighted by atomic mass is 15.1. The van der Waals surface area contributed by atoms with E-state index in [0.29, 0.717) is 12.0 Å². The predicted molar refractivity (Wildman–Crippen MR) is 82.2 cm³/mol. The molecule has 0 atom stereocenters. The molecule has 0 aromatic carbocycles. The number of nitrogens with zero attached hydrogens (tertiary/aromatic N) is 3. The number of pyridine rings is 1. The molecule has 4 nitrogen and oxygen atoms in total. The second kappa shape index (κ2) is 6.18. The van der Waals surface area contributed by atoms with Gasteiger partial charge in [-0.2, -0.15) is 0 Å². The van der Waals surface area contributed by atoms with Gasteiger partial charge in [0.15, 0.2) is 0 Å². The Morgan fingerprint density at radius 2 is 1.95 bits per heavy atom.